The Morgan fingerprint density at radius 1 is 0.826 bits per heavy atom. The predicted octanol–water partition coefficient (Wildman–Crippen LogP) is 3.80. The topological polar surface area (TPSA) is 9.72 Å². The summed E-state index contributed by atoms with van der Waals surface area (Å²) in [6.45, 7) is 21.0. The maximum absolute atomic E-state index is 2.75. The molecule has 0 aromatic heterocycles. The normalized spacial score (nSPS) is 25.8. The van der Waals surface area contributed by atoms with Crippen molar-refractivity contribution in [3.63, 3.8) is 0 Å². The van der Waals surface area contributed by atoms with E-state index >= 15 is 0 Å². The standard InChI is InChI=1S/C16H31N3.2C2H6/c1-3-18-8-4-15(5-9-18)12-19-13-16(14-19)6-10-17(2)11-7-16;2*1-2/h15H,3-14H2,1-2H3;2*1-2H3. The molecule has 0 N–H and O–H groups in total. The smallest absolute Gasteiger partial charge is 0.00516 e. The van der Waals surface area contributed by atoms with Gasteiger partial charge in [0, 0.05) is 19.6 Å². The van der Waals surface area contributed by atoms with Crippen LogP contribution >= 0.6 is 0 Å². The Morgan fingerprint density at radius 2 is 1.35 bits per heavy atom. The molecular formula is C20H43N3. The van der Waals surface area contributed by atoms with Crippen molar-refractivity contribution in [3.8, 4) is 0 Å². The van der Waals surface area contributed by atoms with E-state index in [1.165, 1.54) is 78.0 Å². The monoisotopic (exact) mass is 325 g/mol. The van der Waals surface area contributed by atoms with Crippen LogP contribution in [0.2, 0.25) is 0 Å². The first kappa shape index (κ1) is 20.9. The molecule has 3 aliphatic rings. The van der Waals surface area contributed by atoms with Gasteiger partial charge in [-0.05, 0) is 76.8 Å². The van der Waals surface area contributed by atoms with Crippen molar-refractivity contribution in [1.29, 1.82) is 0 Å². The van der Waals surface area contributed by atoms with Crippen molar-refractivity contribution in [2.75, 3.05) is 59.4 Å². The Kier molecular flexibility index (Phi) is 9.72. The van der Waals surface area contributed by atoms with Crippen molar-refractivity contribution >= 4 is 0 Å². The first-order valence-corrected chi connectivity index (χ1v) is 10.3. The number of rotatable bonds is 3. The minimum atomic E-state index is 0.719. The van der Waals surface area contributed by atoms with E-state index in [0.29, 0.717) is 0 Å². The molecule has 0 aliphatic carbocycles. The second kappa shape index (κ2) is 10.7. The molecule has 3 saturated heterocycles. The molecule has 0 unspecified atom stereocenters. The Bertz CT molecular complexity index is 281. The largest absolute Gasteiger partial charge is 0.306 e. The van der Waals surface area contributed by atoms with Gasteiger partial charge in [0.05, 0.1) is 0 Å². The Balaban J connectivity index is 0.000000615. The molecule has 3 rings (SSSR count). The zero-order valence-corrected chi connectivity index (χ0v) is 16.9. The Morgan fingerprint density at radius 3 is 1.83 bits per heavy atom. The van der Waals surface area contributed by atoms with Crippen molar-refractivity contribution in [3.05, 3.63) is 0 Å². The van der Waals surface area contributed by atoms with Crippen LogP contribution in [-0.2, 0) is 0 Å². The van der Waals surface area contributed by atoms with Crippen molar-refractivity contribution in [2.24, 2.45) is 11.3 Å². The Labute approximate surface area is 146 Å². The van der Waals surface area contributed by atoms with Gasteiger partial charge < -0.3 is 14.7 Å². The highest BCUT2D eigenvalue weighted by Crippen LogP contribution is 2.40. The maximum atomic E-state index is 2.75. The van der Waals surface area contributed by atoms with E-state index in [1.807, 2.05) is 27.7 Å². The average Bonchev–Trinajstić information content (AvgIpc) is 2.60. The van der Waals surface area contributed by atoms with E-state index in [0.717, 1.165) is 11.3 Å². The van der Waals surface area contributed by atoms with Crippen LogP contribution in [0.25, 0.3) is 0 Å². The molecule has 0 bridgehead atoms. The molecule has 3 aliphatic heterocycles. The third kappa shape index (κ3) is 6.03. The van der Waals surface area contributed by atoms with Crippen LogP contribution in [0.5, 0.6) is 0 Å². The van der Waals surface area contributed by atoms with Gasteiger partial charge in [-0.1, -0.05) is 34.6 Å². The molecule has 3 heteroatoms. The van der Waals surface area contributed by atoms with Gasteiger partial charge in [-0.3, -0.25) is 0 Å². The lowest BCUT2D eigenvalue weighted by Crippen LogP contribution is -2.61. The average molecular weight is 326 g/mol. The second-order valence-corrected chi connectivity index (χ2v) is 7.35. The highest BCUT2D eigenvalue weighted by atomic mass is 15.2. The summed E-state index contributed by atoms with van der Waals surface area (Å²) in [5.74, 6) is 0.978. The van der Waals surface area contributed by atoms with Crippen molar-refractivity contribution < 1.29 is 0 Å². The van der Waals surface area contributed by atoms with E-state index in [4.69, 9.17) is 0 Å². The van der Waals surface area contributed by atoms with E-state index < -0.39 is 0 Å². The first-order valence-electron chi connectivity index (χ1n) is 10.3. The highest BCUT2D eigenvalue weighted by Gasteiger charge is 2.44. The van der Waals surface area contributed by atoms with Crippen LogP contribution in [0.4, 0.5) is 0 Å². The summed E-state index contributed by atoms with van der Waals surface area (Å²) in [5, 5.41) is 0. The molecule has 0 aromatic rings. The maximum Gasteiger partial charge on any atom is 0.00516 e. The predicted molar refractivity (Wildman–Crippen MR) is 103 cm³/mol. The van der Waals surface area contributed by atoms with Gasteiger partial charge in [-0.25, -0.2) is 0 Å². The molecule has 0 radical (unpaired) electrons. The number of likely N-dealkylation sites (tertiary alicyclic amines) is 3. The van der Waals surface area contributed by atoms with Crippen LogP contribution in [-0.4, -0.2) is 74.1 Å². The van der Waals surface area contributed by atoms with Gasteiger partial charge in [0.1, 0.15) is 0 Å². The third-order valence-electron chi connectivity index (χ3n) is 5.84. The minimum absolute atomic E-state index is 0.719. The minimum Gasteiger partial charge on any atom is -0.306 e. The first-order chi connectivity index (χ1) is 11.2. The van der Waals surface area contributed by atoms with Crippen molar-refractivity contribution in [1.82, 2.24) is 14.7 Å². The number of hydrogen-bond acceptors (Lipinski definition) is 3. The lowest BCUT2D eigenvalue weighted by atomic mass is 9.71. The van der Waals surface area contributed by atoms with Crippen LogP contribution in [0.1, 0.15) is 60.3 Å². The van der Waals surface area contributed by atoms with E-state index in [-0.39, 0.29) is 0 Å². The van der Waals surface area contributed by atoms with E-state index in [1.54, 1.807) is 0 Å². The SMILES string of the molecule is CC.CC.CCN1CCC(CN2CC3(CCN(C)CC3)C2)CC1. The number of hydrogen-bond donors (Lipinski definition) is 0. The molecule has 0 amide bonds. The quantitative estimate of drug-likeness (QED) is 0.781. The number of piperidine rings is 2. The summed E-state index contributed by atoms with van der Waals surface area (Å²) < 4.78 is 0. The van der Waals surface area contributed by atoms with Crippen LogP contribution in [0.15, 0.2) is 0 Å². The molecule has 3 fully saturated rings. The van der Waals surface area contributed by atoms with Crippen molar-refractivity contribution in [2.45, 2.75) is 60.3 Å². The molecular weight excluding hydrogens is 282 g/mol. The fourth-order valence-corrected chi connectivity index (χ4v) is 4.29. The molecule has 138 valence electrons. The lowest BCUT2D eigenvalue weighted by Gasteiger charge is -2.55. The summed E-state index contributed by atoms with van der Waals surface area (Å²) in [6.07, 6.45) is 5.74. The fourth-order valence-electron chi connectivity index (χ4n) is 4.29. The number of nitrogens with zero attached hydrogens (tertiary/aromatic N) is 3. The van der Waals surface area contributed by atoms with E-state index in [9.17, 15) is 0 Å². The summed E-state index contributed by atoms with van der Waals surface area (Å²) in [5.41, 5.74) is 0.719. The molecule has 0 aromatic carbocycles. The van der Waals surface area contributed by atoms with Crippen LogP contribution in [0, 0.1) is 11.3 Å². The zero-order chi connectivity index (χ0) is 17.3. The molecule has 1 spiro atoms. The highest BCUT2D eigenvalue weighted by molar-refractivity contribution is 4.98. The van der Waals surface area contributed by atoms with Crippen LogP contribution < -0.4 is 0 Å². The molecule has 0 saturated carbocycles. The van der Waals surface area contributed by atoms with E-state index in [2.05, 4.69) is 28.7 Å². The van der Waals surface area contributed by atoms with Gasteiger partial charge in [0.25, 0.3) is 0 Å². The summed E-state index contributed by atoms with van der Waals surface area (Å²) in [6, 6.07) is 0. The summed E-state index contributed by atoms with van der Waals surface area (Å²) in [4.78, 5) is 7.84. The Hall–Kier alpha value is -0.120. The van der Waals surface area contributed by atoms with Gasteiger partial charge in [-0.15, -0.1) is 0 Å². The molecule has 3 nitrogen and oxygen atoms in total. The summed E-state index contributed by atoms with van der Waals surface area (Å²) >= 11 is 0. The zero-order valence-electron chi connectivity index (χ0n) is 16.9. The van der Waals surface area contributed by atoms with Gasteiger partial charge in [0.15, 0.2) is 0 Å². The van der Waals surface area contributed by atoms with Gasteiger partial charge in [0.2, 0.25) is 0 Å². The van der Waals surface area contributed by atoms with Gasteiger partial charge in [-0.2, -0.15) is 0 Å². The van der Waals surface area contributed by atoms with Crippen LogP contribution in [0.3, 0.4) is 0 Å². The lowest BCUT2D eigenvalue weighted by molar-refractivity contribution is -0.0531. The second-order valence-electron chi connectivity index (χ2n) is 7.35. The fraction of sp³-hybridized carbons (Fsp3) is 1.00. The molecule has 23 heavy (non-hydrogen) atoms. The van der Waals surface area contributed by atoms with Gasteiger partial charge >= 0.3 is 0 Å². The molecule has 0 atom stereocenters. The third-order valence-corrected chi connectivity index (χ3v) is 5.84. The molecule has 3 heterocycles. The summed E-state index contributed by atoms with van der Waals surface area (Å²) in [7, 11) is 2.27.